The fourth-order valence-electron chi connectivity index (χ4n) is 8.07. The lowest BCUT2D eigenvalue weighted by Crippen LogP contribution is -2.58. The molecule has 1 aliphatic carbocycles. The molecule has 0 unspecified atom stereocenters. The first-order chi connectivity index (χ1) is 24.5. The summed E-state index contributed by atoms with van der Waals surface area (Å²) < 4.78 is 17.5. The van der Waals surface area contributed by atoms with Crippen molar-refractivity contribution in [2.75, 3.05) is 20.8 Å². The van der Waals surface area contributed by atoms with Crippen LogP contribution in [0.3, 0.4) is 0 Å². The van der Waals surface area contributed by atoms with Crippen LogP contribution < -0.4 is 0 Å². The van der Waals surface area contributed by atoms with E-state index in [0.29, 0.717) is 50.5 Å². The summed E-state index contributed by atoms with van der Waals surface area (Å²) in [5, 5.41) is 43.6. The Hall–Kier alpha value is -2.48. The quantitative estimate of drug-likeness (QED) is 0.141. The van der Waals surface area contributed by atoms with Crippen molar-refractivity contribution in [3.05, 3.63) is 23.3 Å². The molecule has 296 valence electrons. The third kappa shape index (κ3) is 12.3. The fraction of sp³-hybridized carbons (Fsp3) is 0.800. The summed E-state index contributed by atoms with van der Waals surface area (Å²) >= 11 is 0. The number of allylic oxidation sites excluding steroid dienone is 3. The first-order valence-electron chi connectivity index (χ1n) is 19.3. The van der Waals surface area contributed by atoms with Gasteiger partial charge in [-0.3, -0.25) is 14.4 Å². The molecule has 1 saturated heterocycles. The van der Waals surface area contributed by atoms with Crippen LogP contribution in [0.1, 0.15) is 118 Å². The van der Waals surface area contributed by atoms with E-state index in [4.69, 9.17) is 14.2 Å². The maximum atomic E-state index is 14.0. The van der Waals surface area contributed by atoms with E-state index in [1.807, 2.05) is 26.0 Å². The van der Waals surface area contributed by atoms with Gasteiger partial charge in [-0.25, -0.2) is 4.79 Å². The molecular formula is C40H65NO11. The predicted octanol–water partition coefficient (Wildman–Crippen LogP) is 4.20. The van der Waals surface area contributed by atoms with E-state index >= 15 is 0 Å². The molecule has 2 heterocycles. The molecule has 12 heteroatoms. The monoisotopic (exact) mass is 735 g/mol. The number of aliphatic hydroxyl groups excluding tert-OH is 2. The maximum absolute atomic E-state index is 14.0. The molecule has 1 saturated carbocycles. The van der Waals surface area contributed by atoms with Gasteiger partial charge in [-0.2, -0.15) is 0 Å². The Morgan fingerprint density at radius 2 is 1.54 bits per heavy atom. The van der Waals surface area contributed by atoms with Crippen molar-refractivity contribution >= 4 is 23.4 Å². The number of carbonyl (C=O) groups excluding carboxylic acids is 4. The maximum Gasteiger partial charge on any atom is 0.329 e. The van der Waals surface area contributed by atoms with E-state index in [1.54, 1.807) is 14.0 Å². The van der Waals surface area contributed by atoms with E-state index < -0.39 is 59.6 Å². The van der Waals surface area contributed by atoms with Gasteiger partial charge in [0, 0.05) is 45.4 Å². The van der Waals surface area contributed by atoms with Crippen LogP contribution >= 0.6 is 0 Å². The molecular weight excluding hydrogens is 670 g/mol. The minimum atomic E-state index is -3.02. The third-order valence-corrected chi connectivity index (χ3v) is 11.5. The van der Waals surface area contributed by atoms with Crippen molar-refractivity contribution in [3.8, 4) is 0 Å². The number of amides is 1. The van der Waals surface area contributed by atoms with Crippen molar-refractivity contribution in [3.63, 3.8) is 0 Å². The van der Waals surface area contributed by atoms with Crippen LogP contribution in [-0.4, -0.2) is 112 Å². The molecule has 2 aliphatic heterocycles. The largest absolute Gasteiger partial charge is 0.456 e. The number of methoxy groups -OCH3 is 2. The molecule has 0 spiro atoms. The van der Waals surface area contributed by atoms with Crippen molar-refractivity contribution in [1.29, 1.82) is 0 Å². The highest BCUT2D eigenvalue weighted by molar-refractivity contribution is 6.39. The number of rotatable bonds is 4. The molecule has 1 amide bonds. The highest BCUT2D eigenvalue weighted by Crippen LogP contribution is 2.32. The Balaban J connectivity index is 1.99. The second-order valence-corrected chi connectivity index (χ2v) is 16.0. The van der Waals surface area contributed by atoms with Crippen molar-refractivity contribution in [2.24, 2.45) is 23.7 Å². The highest BCUT2D eigenvalue weighted by Gasteiger charge is 2.48. The molecule has 0 bridgehead atoms. The fourth-order valence-corrected chi connectivity index (χ4v) is 8.07. The summed E-state index contributed by atoms with van der Waals surface area (Å²) in [6.45, 7) is 9.11. The molecule has 52 heavy (non-hydrogen) atoms. The lowest BCUT2D eigenvalue weighted by molar-refractivity contribution is -0.208. The first-order valence-corrected chi connectivity index (χ1v) is 19.3. The van der Waals surface area contributed by atoms with Crippen LogP contribution in [0.4, 0.5) is 0 Å². The molecule has 0 aromatic heterocycles. The van der Waals surface area contributed by atoms with Gasteiger partial charge in [0.1, 0.15) is 17.9 Å². The number of nitrogens with zero attached hydrogens (tertiary/aromatic N) is 1. The van der Waals surface area contributed by atoms with Crippen LogP contribution in [0.5, 0.6) is 0 Å². The smallest absolute Gasteiger partial charge is 0.329 e. The van der Waals surface area contributed by atoms with Crippen LogP contribution in [0.15, 0.2) is 23.3 Å². The topological polar surface area (TPSA) is 180 Å². The molecule has 3 rings (SSSR count). The summed E-state index contributed by atoms with van der Waals surface area (Å²) in [4.78, 5) is 55.5. The summed E-state index contributed by atoms with van der Waals surface area (Å²) in [6.07, 6.45) is 6.69. The summed E-state index contributed by atoms with van der Waals surface area (Å²) in [5.41, 5.74) is 1.72. The number of Topliss-reactive ketones (excluding diaryl/α,β-unsaturated/α-hetero) is 2. The minimum Gasteiger partial charge on any atom is -0.456 e. The number of carbonyl (C=O) groups is 4. The summed E-state index contributed by atoms with van der Waals surface area (Å²) in [7, 11) is 3.10. The predicted molar refractivity (Wildman–Crippen MR) is 195 cm³/mol. The average Bonchev–Trinajstić information content (AvgIpc) is 3.11. The van der Waals surface area contributed by atoms with E-state index in [0.717, 1.165) is 23.3 Å². The molecule has 4 N–H and O–H groups in total. The lowest BCUT2D eigenvalue weighted by Gasteiger charge is -2.38. The number of aliphatic hydroxyl groups is 4. The van der Waals surface area contributed by atoms with E-state index in [-0.39, 0.29) is 62.1 Å². The van der Waals surface area contributed by atoms with E-state index in [1.165, 1.54) is 14.0 Å². The van der Waals surface area contributed by atoms with Gasteiger partial charge in [0.05, 0.1) is 24.4 Å². The number of hydrogen-bond acceptors (Lipinski definition) is 11. The zero-order valence-electron chi connectivity index (χ0n) is 32.4. The second kappa shape index (κ2) is 20.3. The molecule has 12 nitrogen and oxygen atoms in total. The van der Waals surface area contributed by atoms with Gasteiger partial charge in [0.25, 0.3) is 11.7 Å². The average molecular weight is 736 g/mol. The molecule has 0 aromatic rings. The molecule has 0 aromatic carbocycles. The number of ketones is 2. The highest BCUT2D eigenvalue weighted by atomic mass is 16.5. The van der Waals surface area contributed by atoms with Crippen LogP contribution in [0, 0.1) is 23.7 Å². The first kappa shape index (κ1) is 43.9. The lowest BCUT2D eigenvalue weighted by atomic mass is 9.83. The summed E-state index contributed by atoms with van der Waals surface area (Å²) in [6, 6.07) is -1.16. The van der Waals surface area contributed by atoms with Crippen LogP contribution in [0.25, 0.3) is 0 Å². The molecule has 0 radical (unpaired) electrons. The third-order valence-electron chi connectivity index (χ3n) is 11.5. The zero-order valence-corrected chi connectivity index (χ0v) is 32.4. The van der Waals surface area contributed by atoms with Gasteiger partial charge in [0.15, 0.2) is 0 Å². The second-order valence-electron chi connectivity index (χ2n) is 16.0. The standard InChI is InChI=1S/C40H65NO11/c1-24-11-14-31(43)22-35(44)28(5)36(26(3)20-29-12-15-30(42)16-13-29)52-39(47)34-10-8-9-17-41(34)38(46)37(45)40(48,49)27(4)21-33(51-7)23-32(50-6)19-25(2)18-24/h11,20,25,27-30,32-36,42,44,48-49H,8-10,12-19,21-23H2,1-7H3/b24-11+,26-20+/t25-,27+,28+,29?,30?,32-,33-,34-,35-,36+/m0/s1. The normalized spacial score (nSPS) is 37.1. The number of esters is 1. The number of piperidine rings is 1. The van der Waals surface area contributed by atoms with E-state index in [9.17, 15) is 39.6 Å². The Kier molecular flexibility index (Phi) is 17.1. The van der Waals surface area contributed by atoms with Crippen molar-refractivity contribution < 1.29 is 53.8 Å². The SMILES string of the molecule is CO[C@@H]1C[C@@H](OC)C[C@@H](C)C/C(C)=C/CC(=O)C[C@H](O)[C@@H](C)[C@@H](/C(C)=C/C2CCC(O)CC2)OC(=O)[C@@H]2CCCCN2C(=O)C(=O)C(O)(O)[C@H](C)C1. The van der Waals surface area contributed by atoms with Gasteiger partial charge in [-0.1, -0.05) is 38.5 Å². The van der Waals surface area contributed by atoms with E-state index in [2.05, 4.69) is 6.92 Å². The summed E-state index contributed by atoms with van der Waals surface area (Å²) in [5.74, 6) is -8.02. The molecule has 2 fully saturated rings. The molecule has 3 aliphatic rings. The van der Waals surface area contributed by atoms with Gasteiger partial charge in [0.2, 0.25) is 5.79 Å². The zero-order chi connectivity index (χ0) is 38.7. The van der Waals surface area contributed by atoms with Gasteiger partial charge in [-0.05, 0) is 102 Å². The Labute approximate surface area is 309 Å². The van der Waals surface area contributed by atoms with Crippen molar-refractivity contribution in [2.45, 2.75) is 160 Å². The number of cyclic esters (lactones) is 1. The van der Waals surface area contributed by atoms with Gasteiger partial charge in [-0.15, -0.1) is 0 Å². The van der Waals surface area contributed by atoms with Gasteiger partial charge >= 0.3 is 5.97 Å². The van der Waals surface area contributed by atoms with Gasteiger partial charge < -0.3 is 39.5 Å². The molecule has 8 atom stereocenters. The van der Waals surface area contributed by atoms with Crippen LogP contribution in [0.2, 0.25) is 0 Å². The van der Waals surface area contributed by atoms with Crippen molar-refractivity contribution in [1.82, 2.24) is 4.90 Å². The Bertz CT molecular complexity index is 1270. The number of fused-ring (bicyclic) bond motifs is 1. The number of ether oxygens (including phenoxy) is 3. The minimum absolute atomic E-state index is 0.0483. The van der Waals surface area contributed by atoms with Crippen LogP contribution in [-0.2, 0) is 33.4 Å². The Morgan fingerprint density at radius 3 is 2.17 bits per heavy atom. The number of hydrogen-bond donors (Lipinski definition) is 4. The Morgan fingerprint density at radius 1 is 0.904 bits per heavy atom.